The smallest absolute Gasteiger partial charge is 0.312 e. The number of hydrogen-bond acceptors (Lipinski definition) is 4. The largest absolute Gasteiger partial charge is 0.465 e. The van der Waals surface area contributed by atoms with E-state index < -0.39 is 0 Å². The molecule has 4 fully saturated rings. The zero-order valence-electron chi connectivity index (χ0n) is 21.8. The number of ether oxygens (including phenoxy) is 2. The highest BCUT2D eigenvalue weighted by molar-refractivity contribution is 5.78. The quantitative estimate of drug-likeness (QED) is 0.252. The minimum atomic E-state index is -0.210. The SMILES string of the molecule is O=C(OCCCCOC(=O)C1(C2CCCCC2)CCCCC1)C1(C2CCCCC2)CCCCC1. The topological polar surface area (TPSA) is 52.6 Å². The molecule has 0 aliphatic heterocycles. The Kier molecular flexibility index (Phi) is 9.77. The monoisotopic (exact) mass is 474 g/mol. The molecular formula is C30H50O4. The molecule has 0 bridgehead atoms. The van der Waals surface area contributed by atoms with Gasteiger partial charge >= 0.3 is 11.9 Å². The van der Waals surface area contributed by atoms with Crippen LogP contribution in [0.1, 0.15) is 141 Å². The first kappa shape index (κ1) is 26.0. The number of esters is 2. The second-order valence-corrected chi connectivity index (χ2v) is 12.1. The summed E-state index contributed by atoms with van der Waals surface area (Å²) in [7, 11) is 0. The molecule has 4 aliphatic carbocycles. The molecule has 4 aliphatic rings. The first-order valence-electron chi connectivity index (χ1n) is 15.0. The first-order chi connectivity index (χ1) is 16.7. The van der Waals surface area contributed by atoms with E-state index in [-0.39, 0.29) is 22.8 Å². The fourth-order valence-corrected chi connectivity index (χ4v) is 8.06. The summed E-state index contributed by atoms with van der Waals surface area (Å²) in [6.07, 6.45) is 25.4. The van der Waals surface area contributed by atoms with Gasteiger partial charge in [0.15, 0.2) is 0 Å². The van der Waals surface area contributed by atoms with Crippen molar-refractivity contribution in [2.45, 2.75) is 141 Å². The van der Waals surface area contributed by atoms with Gasteiger partial charge in [0.1, 0.15) is 0 Å². The molecule has 0 N–H and O–H groups in total. The van der Waals surface area contributed by atoms with Crippen molar-refractivity contribution in [1.29, 1.82) is 0 Å². The number of carbonyl (C=O) groups excluding carboxylic acids is 2. The maximum Gasteiger partial charge on any atom is 0.312 e. The molecule has 0 saturated heterocycles. The lowest BCUT2D eigenvalue weighted by molar-refractivity contribution is -0.166. The average molecular weight is 475 g/mol. The second-order valence-electron chi connectivity index (χ2n) is 12.1. The predicted molar refractivity (Wildman–Crippen MR) is 135 cm³/mol. The molecule has 34 heavy (non-hydrogen) atoms. The van der Waals surface area contributed by atoms with E-state index in [1.54, 1.807) is 0 Å². The van der Waals surface area contributed by atoms with Crippen LogP contribution in [-0.2, 0) is 19.1 Å². The second kappa shape index (κ2) is 12.8. The van der Waals surface area contributed by atoms with Crippen LogP contribution in [0.25, 0.3) is 0 Å². The van der Waals surface area contributed by atoms with Crippen LogP contribution in [0.4, 0.5) is 0 Å². The summed E-state index contributed by atoms with van der Waals surface area (Å²) in [5.74, 6) is 1.21. The molecule has 0 atom stereocenters. The van der Waals surface area contributed by atoms with Crippen molar-refractivity contribution in [3.8, 4) is 0 Å². The van der Waals surface area contributed by atoms with Gasteiger partial charge < -0.3 is 9.47 Å². The Balaban J connectivity index is 1.21. The predicted octanol–water partition coefficient (Wildman–Crippen LogP) is 7.91. The standard InChI is InChI=1S/C30H50O4/c31-27(29(19-9-3-10-20-29)25-15-5-1-6-16-25)33-23-13-14-24-34-28(32)30(21-11-4-12-22-30)26-17-7-2-8-18-26/h25-26H,1-24H2. The Morgan fingerprint density at radius 3 is 1.18 bits per heavy atom. The Morgan fingerprint density at radius 2 is 0.824 bits per heavy atom. The molecule has 4 rings (SSSR count). The Labute approximate surface area is 208 Å². The van der Waals surface area contributed by atoms with Crippen LogP contribution in [0.2, 0.25) is 0 Å². The van der Waals surface area contributed by atoms with Gasteiger partial charge in [0, 0.05) is 0 Å². The fraction of sp³-hybridized carbons (Fsp3) is 0.933. The fourth-order valence-electron chi connectivity index (χ4n) is 8.06. The molecule has 0 amide bonds. The summed E-state index contributed by atoms with van der Waals surface area (Å²) in [4.78, 5) is 26.6. The minimum Gasteiger partial charge on any atom is -0.465 e. The Hall–Kier alpha value is -1.06. The summed E-state index contributed by atoms with van der Waals surface area (Å²) in [6.45, 7) is 0.942. The van der Waals surface area contributed by atoms with Gasteiger partial charge in [0.2, 0.25) is 0 Å². The summed E-state index contributed by atoms with van der Waals surface area (Å²) >= 11 is 0. The summed E-state index contributed by atoms with van der Waals surface area (Å²) < 4.78 is 11.8. The molecule has 0 aromatic heterocycles. The van der Waals surface area contributed by atoms with Crippen LogP contribution in [0.3, 0.4) is 0 Å². The molecule has 4 saturated carbocycles. The number of hydrogen-bond donors (Lipinski definition) is 0. The molecule has 0 aromatic rings. The third-order valence-electron chi connectivity index (χ3n) is 10.1. The van der Waals surface area contributed by atoms with Crippen molar-refractivity contribution in [3.63, 3.8) is 0 Å². The lowest BCUT2D eigenvalue weighted by Crippen LogP contribution is -2.43. The normalized spacial score (nSPS) is 26.0. The molecule has 194 valence electrons. The van der Waals surface area contributed by atoms with Crippen molar-refractivity contribution >= 4 is 11.9 Å². The minimum absolute atomic E-state index is 0.0783. The van der Waals surface area contributed by atoms with E-state index in [9.17, 15) is 9.59 Å². The molecule has 4 nitrogen and oxygen atoms in total. The van der Waals surface area contributed by atoms with Gasteiger partial charge in [-0.15, -0.1) is 0 Å². The van der Waals surface area contributed by atoms with Crippen LogP contribution in [-0.4, -0.2) is 25.2 Å². The van der Waals surface area contributed by atoms with E-state index in [0.29, 0.717) is 25.0 Å². The summed E-state index contributed by atoms with van der Waals surface area (Å²) in [5, 5.41) is 0. The molecule has 0 unspecified atom stereocenters. The van der Waals surface area contributed by atoms with Gasteiger partial charge in [-0.05, 0) is 76.0 Å². The lowest BCUT2D eigenvalue weighted by Gasteiger charge is -2.43. The van der Waals surface area contributed by atoms with Gasteiger partial charge in [-0.2, -0.15) is 0 Å². The number of unbranched alkanes of at least 4 members (excludes halogenated alkanes) is 1. The molecule has 0 aromatic carbocycles. The van der Waals surface area contributed by atoms with E-state index in [4.69, 9.17) is 9.47 Å². The molecule has 0 spiro atoms. The lowest BCUT2D eigenvalue weighted by atomic mass is 9.61. The van der Waals surface area contributed by atoms with Gasteiger partial charge in [-0.3, -0.25) is 9.59 Å². The van der Waals surface area contributed by atoms with E-state index in [1.165, 1.54) is 103 Å². The van der Waals surface area contributed by atoms with Crippen molar-refractivity contribution < 1.29 is 19.1 Å². The zero-order chi connectivity index (χ0) is 23.7. The van der Waals surface area contributed by atoms with Crippen molar-refractivity contribution in [2.24, 2.45) is 22.7 Å². The maximum absolute atomic E-state index is 13.3. The molecule has 0 heterocycles. The van der Waals surface area contributed by atoms with E-state index in [2.05, 4.69) is 0 Å². The molecular weight excluding hydrogens is 424 g/mol. The zero-order valence-corrected chi connectivity index (χ0v) is 21.8. The van der Waals surface area contributed by atoms with Crippen LogP contribution in [0.5, 0.6) is 0 Å². The van der Waals surface area contributed by atoms with Crippen LogP contribution < -0.4 is 0 Å². The van der Waals surface area contributed by atoms with Gasteiger partial charge in [-0.1, -0.05) is 77.0 Å². The maximum atomic E-state index is 13.3. The number of carbonyl (C=O) groups is 2. The Morgan fingerprint density at radius 1 is 0.500 bits per heavy atom. The highest BCUT2D eigenvalue weighted by Crippen LogP contribution is 2.50. The van der Waals surface area contributed by atoms with Crippen molar-refractivity contribution in [2.75, 3.05) is 13.2 Å². The van der Waals surface area contributed by atoms with Crippen LogP contribution in [0, 0.1) is 22.7 Å². The molecule has 4 heteroatoms. The summed E-state index contributed by atoms with van der Waals surface area (Å²) in [6, 6.07) is 0. The Bertz CT molecular complexity index is 576. The van der Waals surface area contributed by atoms with Crippen LogP contribution in [0.15, 0.2) is 0 Å². The highest BCUT2D eigenvalue weighted by atomic mass is 16.5. The first-order valence-corrected chi connectivity index (χ1v) is 15.0. The van der Waals surface area contributed by atoms with E-state index in [0.717, 1.165) is 38.5 Å². The van der Waals surface area contributed by atoms with Crippen molar-refractivity contribution in [3.05, 3.63) is 0 Å². The van der Waals surface area contributed by atoms with Gasteiger partial charge in [0.25, 0.3) is 0 Å². The van der Waals surface area contributed by atoms with Crippen LogP contribution >= 0.6 is 0 Å². The third-order valence-corrected chi connectivity index (χ3v) is 10.1. The number of rotatable bonds is 9. The molecule has 0 radical (unpaired) electrons. The van der Waals surface area contributed by atoms with Gasteiger partial charge in [0.05, 0.1) is 24.0 Å². The third kappa shape index (κ3) is 6.01. The highest BCUT2D eigenvalue weighted by Gasteiger charge is 2.48. The summed E-state index contributed by atoms with van der Waals surface area (Å²) in [5.41, 5.74) is -0.420. The van der Waals surface area contributed by atoms with Gasteiger partial charge in [-0.25, -0.2) is 0 Å². The van der Waals surface area contributed by atoms with Crippen molar-refractivity contribution in [1.82, 2.24) is 0 Å². The van der Waals surface area contributed by atoms with E-state index >= 15 is 0 Å². The average Bonchev–Trinajstić information content (AvgIpc) is 2.92. The van der Waals surface area contributed by atoms with E-state index in [1.807, 2.05) is 0 Å².